The average Bonchev–Trinajstić information content (AvgIpc) is 3.16. The van der Waals surface area contributed by atoms with Gasteiger partial charge in [0, 0.05) is 18.2 Å². The lowest BCUT2D eigenvalue weighted by atomic mass is 9.98. The molecule has 3 N–H and O–H groups in total. The zero-order valence-electron chi connectivity index (χ0n) is 19.5. The van der Waals surface area contributed by atoms with Gasteiger partial charge < -0.3 is 15.2 Å². The minimum Gasteiger partial charge on any atom is -0.481 e. The van der Waals surface area contributed by atoms with Gasteiger partial charge in [0.15, 0.2) is 5.69 Å². The molecule has 8 nitrogen and oxygen atoms in total. The summed E-state index contributed by atoms with van der Waals surface area (Å²) in [5.74, 6) is -1.77. The summed E-state index contributed by atoms with van der Waals surface area (Å²) in [4.78, 5) is 40.7. The van der Waals surface area contributed by atoms with Crippen LogP contribution in [0.3, 0.4) is 0 Å². The zero-order valence-corrected chi connectivity index (χ0v) is 19.5. The molecule has 0 saturated carbocycles. The molecule has 1 atom stereocenters. The van der Waals surface area contributed by atoms with Gasteiger partial charge in [0.2, 0.25) is 0 Å². The van der Waals surface area contributed by atoms with E-state index in [9.17, 15) is 14.4 Å². The number of nitrogens with zero attached hydrogens (tertiary/aromatic N) is 1. The molecule has 0 spiro atoms. The number of hydrogen-bond donors (Lipinski definition) is 3. The number of aromatic nitrogens is 1. The third-order valence-electron chi connectivity index (χ3n) is 6.12. The molecule has 180 valence electrons. The summed E-state index contributed by atoms with van der Waals surface area (Å²) >= 11 is 0. The number of amides is 2. The van der Waals surface area contributed by atoms with E-state index < -0.39 is 24.0 Å². The number of hydrogen-bond acceptors (Lipinski definition) is 5. The molecular weight excluding hydrogens is 446 g/mol. The summed E-state index contributed by atoms with van der Waals surface area (Å²) in [6, 6.07) is 18.6. The highest BCUT2D eigenvalue weighted by Gasteiger charge is 2.29. The van der Waals surface area contributed by atoms with E-state index >= 15 is 0 Å². The molecule has 0 fully saturated rings. The molecule has 0 bridgehead atoms. The Balaban J connectivity index is 1.44. The van der Waals surface area contributed by atoms with Crippen LogP contribution in [-0.2, 0) is 9.53 Å². The van der Waals surface area contributed by atoms with Gasteiger partial charge in [-0.2, -0.15) is 0 Å². The van der Waals surface area contributed by atoms with Crippen LogP contribution in [-0.4, -0.2) is 40.7 Å². The third kappa shape index (κ3) is 5.32. The summed E-state index contributed by atoms with van der Waals surface area (Å²) in [5, 5.41) is 14.4. The lowest BCUT2D eigenvalue weighted by molar-refractivity contribution is -0.137. The average molecular weight is 474 g/mol. The number of pyridine rings is 1. The lowest BCUT2D eigenvalue weighted by Gasteiger charge is -2.21. The van der Waals surface area contributed by atoms with E-state index in [1.165, 1.54) is 6.20 Å². The molecule has 1 heterocycles. The fourth-order valence-corrected chi connectivity index (χ4v) is 4.31. The van der Waals surface area contributed by atoms with Gasteiger partial charge in [0.25, 0.3) is 5.91 Å². The molecule has 3 aromatic rings. The van der Waals surface area contributed by atoms with E-state index in [1.807, 2.05) is 50.2 Å². The molecule has 1 aliphatic carbocycles. The van der Waals surface area contributed by atoms with Gasteiger partial charge >= 0.3 is 12.1 Å². The standard InChI is InChI=1S/C27H27N3O5/c1-16(2)23(14-24(31)32)29-26(33)25-22(12-7-13-28-25)30-27(34)35-15-21-19-10-5-3-8-17(19)18-9-4-6-11-20(18)21/h3-13,16,21,23H,14-15H2,1-2H3,(H,29,33)(H,30,34)(H,31,32)/t23-/m0/s1. The number of fused-ring (bicyclic) bond motifs is 3. The topological polar surface area (TPSA) is 118 Å². The Kier molecular flexibility index (Phi) is 7.10. The number of ether oxygens (including phenoxy) is 1. The van der Waals surface area contributed by atoms with Crippen LogP contribution in [0, 0.1) is 5.92 Å². The molecule has 8 heteroatoms. The number of rotatable bonds is 8. The maximum atomic E-state index is 12.8. The van der Waals surface area contributed by atoms with Gasteiger partial charge in [0.05, 0.1) is 12.1 Å². The van der Waals surface area contributed by atoms with Crippen molar-refractivity contribution in [3.8, 4) is 11.1 Å². The summed E-state index contributed by atoms with van der Waals surface area (Å²) in [6.45, 7) is 3.78. The van der Waals surface area contributed by atoms with E-state index in [2.05, 4.69) is 27.8 Å². The van der Waals surface area contributed by atoms with Crippen LogP contribution in [0.1, 0.15) is 47.8 Å². The molecule has 1 aromatic heterocycles. The molecule has 0 radical (unpaired) electrons. The summed E-state index contributed by atoms with van der Waals surface area (Å²) in [7, 11) is 0. The minimum absolute atomic E-state index is 0.0166. The molecule has 2 amide bonds. The lowest BCUT2D eigenvalue weighted by Crippen LogP contribution is -2.40. The quantitative estimate of drug-likeness (QED) is 0.438. The Labute approximate surface area is 203 Å². The van der Waals surface area contributed by atoms with E-state index in [4.69, 9.17) is 9.84 Å². The zero-order chi connectivity index (χ0) is 24.9. The van der Waals surface area contributed by atoms with Crippen LogP contribution < -0.4 is 10.6 Å². The smallest absolute Gasteiger partial charge is 0.411 e. The van der Waals surface area contributed by atoms with Crippen LogP contribution in [0.2, 0.25) is 0 Å². The number of carboxylic acids is 1. The Bertz CT molecular complexity index is 1210. The van der Waals surface area contributed by atoms with Crippen molar-refractivity contribution in [2.24, 2.45) is 5.92 Å². The molecule has 4 rings (SSSR count). The first kappa shape index (κ1) is 23.9. The molecule has 35 heavy (non-hydrogen) atoms. The Hall–Kier alpha value is -4.20. The van der Waals surface area contributed by atoms with E-state index in [0.29, 0.717) is 0 Å². The Morgan fingerprint density at radius 2 is 1.60 bits per heavy atom. The van der Waals surface area contributed by atoms with E-state index in [1.54, 1.807) is 12.1 Å². The highest BCUT2D eigenvalue weighted by molar-refractivity contribution is 6.01. The normalized spacial score (nSPS) is 13.0. The van der Waals surface area contributed by atoms with Crippen molar-refractivity contribution in [2.75, 3.05) is 11.9 Å². The van der Waals surface area contributed by atoms with Crippen LogP contribution in [0.25, 0.3) is 11.1 Å². The Morgan fingerprint density at radius 3 is 2.20 bits per heavy atom. The number of carboxylic acid groups (broad SMARTS) is 1. The monoisotopic (exact) mass is 473 g/mol. The number of benzene rings is 2. The van der Waals surface area contributed by atoms with Crippen molar-refractivity contribution in [1.29, 1.82) is 0 Å². The second-order valence-corrected chi connectivity index (χ2v) is 8.77. The third-order valence-corrected chi connectivity index (χ3v) is 6.12. The van der Waals surface area contributed by atoms with Crippen molar-refractivity contribution in [3.05, 3.63) is 83.7 Å². The van der Waals surface area contributed by atoms with Gasteiger partial charge in [-0.1, -0.05) is 62.4 Å². The molecule has 2 aromatic carbocycles. The first-order chi connectivity index (χ1) is 16.8. The van der Waals surface area contributed by atoms with Crippen molar-refractivity contribution in [1.82, 2.24) is 10.3 Å². The number of aliphatic carboxylic acids is 1. The van der Waals surface area contributed by atoms with Crippen molar-refractivity contribution < 1.29 is 24.2 Å². The van der Waals surface area contributed by atoms with Crippen LogP contribution in [0.15, 0.2) is 66.9 Å². The van der Waals surface area contributed by atoms with Crippen molar-refractivity contribution in [2.45, 2.75) is 32.2 Å². The van der Waals surface area contributed by atoms with E-state index in [0.717, 1.165) is 22.3 Å². The molecular formula is C27H27N3O5. The van der Waals surface area contributed by atoms with Gasteiger partial charge in [0.1, 0.15) is 6.61 Å². The highest BCUT2D eigenvalue weighted by atomic mass is 16.5. The predicted molar refractivity (Wildman–Crippen MR) is 131 cm³/mol. The van der Waals surface area contributed by atoms with Gasteiger partial charge in [-0.15, -0.1) is 0 Å². The van der Waals surface area contributed by atoms with Crippen LogP contribution in [0.4, 0.5) is 10.5 Å². The fourth-order valence-electron chi connectivity index (χ4n) is 4.31. The highest BCUT2D eigenvalue weighted by Crippen LogP contribution is 2.44. The van der Waals surface area contributed by atoms with E-state index in [-0.39, 0.29) is 36.2 Å². The van der Waals surface area contributed by atoms with Gasteiger partial charge in [-0.3, -0.25) is 14.9 Å². The maximum Gasteiger partial charge on any atom is 0.411 e. The van der Waals surface area contributed by atoms with Gasteiger partial charge in [-0.25, -0.2) is 9.78 Å². The largest absolute Gasteiger partial charge is 0.481 e. The molecule has 0 aliphatic heterocycles. The maximum absolute atomic E-state index is 12.8. The summed E-state index contributed by atoms with van der Waals surface area (Å²) < 4.78 is 5.56. The Morgan fingerprint density at radius 1 is 0.971 bits per heavy atom. The SMILES string of the molecule is CC(C)[C@H](CC(=O)O)NC(=O)c1ncccc1NC(=O)OCC1c2ccccc2-c2ccccc21. The fraction of sp³-hybridized carbons (Fsp3) is 0.259. The van der Waals surface area contributed by atoms with Crippen LogP contribution >= 0.6 is 0 Å². The first-order valence-corrected chi connectivity index (χ1v) is 11.4. The second kappa shape index (κ2) is 10.4. The molecule has 0 unspecified atom stereocenters. The van der Waals surface area contributed by atoms with Crippen molar-refractivity contribution >= 4 is 23.7 Å². The van der Waals surface area contributed by atoms with Gasteiger partial charge in [-0.05, 0) is 40.3 Å². The summed E-state index contributed by atoms with van der Waals surface area (Å²) in [6.07, 6.45) is 0.505. The predicted octanol–water partition coefficient (Wildman–Crippen LogP) is 4.67. The minimum atomic E-state index is -1.01. The number of carbonyl (C=O) groups excluding carboxylic acids is 2. The molecule has 0 saturated heterocycles. The van der Waals surface area contributed by atoms with Crippen molar-refractivity contribution in [3.63, 3.8) is 0 Å². The number of anilines is 1. The number of carbonyl (C=O) groups is 3. The number of nitrogens with one attached hydrogen (secondary N) is 2. The molecule has 1 aliphatic rings. The summed E-state index contributed by atoms with van der Waals surface area (Å²) in [5.41, 5.74) is 4.62. The first-order valence-electron chi connectivity index (χ1n) is 11.4. The van der Waals surface area contributed by atoms with Crippen LogP contribution in [0.5, 0.6) is 0 Å². The second-order valence-electron chi connectivity index (χ2n) is 8.77.